The van der Waals surface area contributed by atoms with E-state index >= 15 is 0 Å². The average Bonchev–Trinajstić information content (AvgIpc) is 3.08. The molecule has 2 aromatic rings. The molecule has 27 heavy (non-hydrogen) atoms. The smallest absolute Gasteiger partial charge is 0.269 e. The van der Waals surface area contributed by atoms with Crippen molar-refractivity contribution in [3.8, 4) is 23.0 Å². The van der Waals surface area contributed by atoms with Crippen LogP contribution in [0.2, 0.25) is 0 Å². The Labute approximate surface area is 154 Å². The largest absolute Gasteiger partial charge is 0.508 e. The van der Waals surface area contributed by atoms with Gasteiger partial charge < -0.3 is 24.5 Å². The van der Waals surface area contributed by atoms with Crippen molar-refractivity contribution in [3.63, 3.8) is 0 Å². The van der Waals surface area contributed by atoms with E-state index < -0.39 is 4.92 Å². The molecule has 1 aliphatic rings. The van der Waals surface area contributed by atoms with Crippen LogP contribution in [-0.2, 0) is 9.57 Å². The van der Waals surface area contributed by atoms with Gasteiger partial charge in [0.25, 0.3) is 5.69 Å². The van der Waals surface area contributed by atoms with E-state index in [1.165, 1.54) is 36.4 Å². The lowest BCUT2D eigenvalue weighted by molar-refractivity contribution is -0.384. The predicted molar refractivity (Wildman–Crippen MR) is 95.5 cm³/mol. The van der Waals surface area contributed by atoms with E-state index in [0.29, 0.717) is 31.2 Å². The van der Waals surface area contributed by atoms with Gasteiger partial charge in [-0.2, -0.15) is 0 Å². The maximum atomic E-state index is 10.8. The van der Waals surface area contributed by atoms with Gasteiger partial charge in [0, 0.05) is 31.4 Å². The van der Waals surface area contributed by atoms with Crippen LogP contribution >= 0.6 is 0 Å². The number of aromatic hydroxyl groups is 2. The molecule has 3 rings (SSSR count). The van der Waals surface area contributed by atoms with E-state index in [-0.39, 0.29) is 28.5 Å². The van der Waals surface area contributed by atoms with Crippen molar-refractivity contribution in [2.24, 2.45) is 0 Å². The van der Waals surface area contributed by atoms with Crippen molar-refractivity contribution in [2.75, 3.05) is 26.8 Å². The summed E-state index contributed by atoms with van der Waals surface area (Å²) in [5.74, 6) is 0.429. The van der Waals surface area contributed by atoms with Crippen molar-refractivity contribution >= 4 is 11.4 Å². The summed E-state index contributed by atoms with van der Waals surface area (Å²) in [6.07, 6.45) is 1.77. The lowest BCUT2D eigenvalue weighted by Crippen LogP contribution is -2.23. The van der Waals surface area contributed by atoms with Gasteiger partial charge >= 0.3 is 0 Å². The zero-order chi connectivity index (χ0) is 19.4. The molecule has 0 atom stereocenters. The highest BCUT2D eigenvalue weighted by molar-refractivity contribution is 5.73. The highest BCUT2D eigenvalue weighted by atomic mass is 16.7. The van der Waals surface area contributed by atoms with Crippen molar-refractivity contribution < 1.29 is 29.4 Å². The zero-order valence-corrected chi connectivity index (χ0v) is 14.5. The molecule has 0 saturated carbocycles. The molecule has 0 amide bonds. The van der Waals surface area contributed by atoms with Crippen LogP contribution in [0.1, 0.15) is 5.56 Å². The maximum absolute atomic E-state index is 10.8. The summed E-state index contributed by atoms with van der Waals surface area (Å²) in [5, 5.41) is 32.5. The molecule has 0 aromatic heterocycles. The Balaban J connectivity index is 1.86. The third kappa shape index (κ3) is 4.27. The fraction of sp³-hybridized carbons (Fsp3) is 0.222. The summed E-state index contributed by atoms with van der Waals surface area (Å²) in [4.78, 5) is 15.9. The first-order valence-corrected chi connectivity index (χ1v) is 8.08. The number of hydrogen-bond donors (Lipinski definition) is 2. The highest BCUT2D eigenvalue weighted by Crippen LogP contribution is 2.42. The third-order valence-electron chi connectivity index (χ3n) is 3.84. The van der Waals surface area contributed by atoms with Gasteiger partial charge in [-0.05, 0) is 18.2 Å². The first-order chi connectivity index (χ1) is 13.0. The molecule has 9 heteroatoms. The van der Waals surface area contributed by atoms with Crippen molar-refractivity contribution in [3.05, 3.63) is 58.2 Å². The molecule has 0 spiro atoms. The average molecular weight is 374 g/mol. The normalized spacial score (nSPS) is 13.9. The van der Waals surface area contributed by atoms with E-state index in [1.807, 2.05) is 0 Å². The minimum atomic E-state index is -0.513. The summed E-state index contributed by atoms with van der Waals surface area (Å²) >= 11 is 0. The quantitative estimate of drug-likeness (QED) is 0.561. The number of phenolic OH excluding ortho intramolecular Hbond substituents is 2. The number of rotatable bonds is 7. The van der Waals surface area contributed by atoms with Crippen molar-refractivity contribution in [2.45, 2.75) is 0 Å². The number of nitro groups is 1. The van der Waals surface area contributed by atoms with Crippen LogP contribution in [0, 0.1) is 10.1 Å². The van der Waals surface area contributed by atoms with Gasteiger partial charge in [0.15, 0.2) is 5.76 Å². The van der Waals surface area contributed by atoms with Crippen molar-refractivity contribution in [1.29, 1.82) is 0 Å². The first kappa shape index (κ1) is 18.5. The van der Waals surface area contributed by atoms with Crippen LogP contribution in [0.4, 0.5) is 5.69 Å². The molecule has 0 radical (unpaired) electrons. The first-order valence-electron chi connectivity index (χ1n) is 8.08. The number of hydroxylamine groups is 2. The Hall–Kier alpha value is -3.30. The van der Waals surface area contributed by atoms with E-state index in [4.69, 9.17) is 14.3 Å². The standard InChI is InChI=1S/C18H18N2O7/c1-25-9-8-19-7-6-16(27-19)18-15(22)10-13(21)11-17(18)26-14-4-2-12(3-5-14)20(23)24/h2-6,10-11,21-22H,7-9H2,1H3. The van der Waals surface area contributed by atoms with Crippen LogP contribution in [-0.4, -0.2) is 47.0 Å². The Morgan fingerprint density at radius 2 is 2.00 bits per heavy atom. The van der Waals surface area contributed by atoms with Gasteiger partial charge in [-0.25, -0.2) is 0 Å². The lowest BCUT2D eigenvalue weighted by atomic mass is 10.1. The van der Waals surface area contributed by atoms with E-state index in [2.05, 4.69) is 0 Å². The van der Waals surface area contributed by atoms with Crippen LogP contribution in [0.5, 0.6) is 23.0 Å². The molecule has 1 heterocycles. The summed E-state index contributed by atoms with van der Waals surface area (Å²) in [7, 11) is 1.59. The molecular weight excluding hydrogens is 356 g/mol. The minimum absolute atomic E-state index is 0.0723. The van der Waals surface area contributed by atoms with Gasteiger partial charge in [0.1, 0.15) is 28.6 Å². The number of methoxy groups -OCH3 is 1. The lowest BCUT2D eigenvalue weighted by Gasteiger charge is -2.18. The fourth-order valence-electron chi connectivity index (χ4n) is 2.55. The van der Waals surface area contributed by atoms with E-state index in [1.54, 1.807) is 18.2 Å². The Morgan fingerprint density at radius 3 is 2.67 bits per heavy atom. The Bertz CT molecular complexity index is 865. The SMILES string of the molecule is COCCN1CC=C(c2c(O)cc(O)cc2Oc2ccc([N+](=O)[O-])cc2)O1. The molecule has 0 saturated heterocycles. The second-order valence-electron chi connectivity index (χ2n) is 5.73. The minimum Gasteiger partial charge on any atom is -0.508 e. The number of non-ortho nitro benzene ring substituents is 1. The van der Waals surface area contributed by atoms with Crippen LogP contribution in [0.3, 0.4) is 0 Å². The van der Waals surface area contributed by atoms with Crippen LogP contribution < -0.4 is 4.74 Å². The van der Waals surface area contributed by atoms with Gasteiger partial charge in [0.05, 0.1) is 24.6 Å². The molecule has 1 aliphatic heterocycles. The molecule has 0 unspecified atom stereocenters. The maximum Gasteiger partial charge on any atom is 0.269 e. The number of nitro benzene ring substituents is 1. The van der Waals surface area contributed by atoms with Gasteiger partial charge in [-0.1, -0.05) is 0 Å². The number of hydrogen-bond acceptors (Lipinski definition) is 8. The molecule has 0 aliphatic carbocycles. The molecule has 0 bridgehead atoms. The van der Waals surface area contributed by atoms with Crippen LogP contribution in [0.15, 0.2) is 42.5 Å². The Kier molecular flexibility index (Phi) is 5.43. The number of nitrogens with zero attached hydrogens (tertiary/aromatic N) is 2. The van der Waals surface area contributed by atoms with Gasteiger partial charge in [0.2, 0.25) is 0 Å². The topological polar surface area (TPSA) is 115 Å². The van der Waals surface area contributed by atoms with E-state index in [9.17, 15) is 20.3 Å². The summed E-state index contributed by atoms with van der Waals surface area (Å²) in [6.45, 7) is 1.51. The molecule has 2 N–H and O–H groups in total. The monoisotopic (exact) mass is 374 g/mol. The molecule has 9 nitrogen and oxygen atoms in total. The zero-order valence-electron chi connectivity index (χ0n) is 14.5. The summed E-state index contributed by atoms with van der Waals surface area (Å²) in [5.41, 5.74) is 0.197. The summed E-state index contributed by atoms with van der Waals surface area (Å²) in [6, 6.07) is 7.97. The van der Waals surface area contributed by atoms with Crippen LogP contribution in [0.25, 0.3) is 5.76 Å². The fourth-order valence-corrected chi connectivity index (χ4v) is 2.55. The second kappa shape index (κ2) is 7.94. The Morgan fingerprint density at radius 1 is 1.26 bits per heavy atom. The van der Waals surface area contributed by atoms with E-state index in [0.717, 1.165) is 0 Å². The van der Waals surface area contributed by atoms with Gasteiger partial charge in [-0.15, -0.1) is 5.06 Å². The predicted octanol–water partition coefficient (Wildman–Crippen LogP) is 3.03. The number of benzene rings is 2. The van der Waals surface area contributed by atoms with Gasteiger partial charge in [-0.3, -0.25) is 10.1 Å². The molecule has 142 valence electrons. The highest BCUT2D eigenvalue weighted by Gasteiger charge is 2.24. The number of phenols is 2. The number of ether oxygens (including phenoxy) is 2. The second-order valence-corrected chi connectivity index (χ2v) is 5.73. The summed E-state index contributed by atoms with van der Waals surface area (Å²) < 4.78 is 10.7. The molecule has 2 aromatic carbocycles. The third-order valence-corrected chi connectivity index (χ3v) is 3.84. The van der Waals surface area contributed by atoms with Crippen molar-refractivity contribution in [1.82, 2.24) is 5.06 Å². The molecular formula is C18H18N2O7. The molecule has 0 fully saturated rings.